The van der Waals surface area contributed by atoms with E-state index < -0.39 is 0 Å². The Morgan fingerprint density at radius 2 is 2.30 bits per heavy atom. The molecule has 0 N–H and O–H groups in total. The predicted octanol–water partition coefficient (Wildman–Crippen LogP) is 4.15. The van der Waals surface area contributed by atoms with Gasteiger partial charge in [-0.25, -0.2) is 4.98 Å². The predicted molar refractivity (Wildman–Crippen MR) is 105 cm³/mol. The topological polar surface area (TPSA) is 72.1 Å². The van der Waals surface area contributed by atoms with Crippen LogP contribution in [0.1, 0.15) is 45.8 Å². The summed E-state index contributed by atoms with van der Waals surface area (Å²) >= 11 is 3.24. The van der Waals surface area contributed by atoms with Crippen molar-refractivity contribution in [3.05, 3.63) is 58.1 Å². The molecule has 1 unspecified atom stereocenters. The molecular weight excluding hydrogens is 380 g/mol. The molecule has 1 saturated heterocycles. The number of thiazole rings is 1. The lowest BCUT2D eigenvalue weighted by Gasteiger charge is -2.32. The van der Waals surface area contributed by atoms with Gasteiger partial charge in [-0.3, -0.25) is 4.79 Å². The maximum Gasteiger partial charge on any atom is 0.255 e. The number of aromatic nitrogens is 3. The van der Waals surface area contributed by atoms with Crippen LogP contribution in [-0.4, -0.2) is 39.0 Å². The highest BCUT2D eigenvalue weighted by atomic mass is 32.2. The van der Waals surface area contributed by atoms with E-state index in [-0.39, 0.29) is 5.91 Å². The van der Waals surface area contributed by atoms with Crippen LogP contribution >= 0.6 is 23.1 Å². The largest absolute Gasteiger partial charge is 0.340 e. The molecule has 3 aromatic rings. The third-order valence-electron chi connectivity index (χ3n) is 4.55. The van der Waals surface area contributed by atoms with Crippen molar-refractivity contribution in [1.82, 2.24) is 20.0 Å². The first-order chi connectivity index (χ1) is 13.2. The second-order valence-corrected chi connectivity index (χ2v) is 8.42. The number of hydrogen-bond acceptors (Lipinski definition) is 7. The van der Waals surface area contributed by atoms with Gasteiger partial charge >= 0.3 is 0 Å². The van der Waals surface area contributed by atoms with Crippen molar-refractivity contribution in [1.29, 1.82) is 0 Å². The van der Waals surface area contributed by atoms with Crippen molar-refractivity contribution < 1.29 is 9.32 Å². The molecule has 0 spiro atoms. The minimum atomic E-state index is 0.0867. The molecule has 1 fully saturated rings. The van der Waals surface area contributed by atoms with Crippen LogP contribution in [0.25, 0.3) is 0 Å². The van der Waals surface area contributed by atoms with Gasteiger partial charge in [-0.2, -0.15) is 4.98 Å². The second kappa shape index (κ2) is 8.22. The van der Waals surface area contributed by atoms with Gasteiger partial charge in [0.15, 0.2) is 5.82 Å². The molecule has 2 aromatic heterocycles. The minimum absolute atomic E-state index is 0.0867. The molecule has 0 radical (unpaired) electrons. The van der Waals surface area contributed by atoms with Gasteiger partial charge in [-0.05, 0) is 25.0 Å². The van der Waals surface area contributed by atoms with Crippen LogP contribution in [0.5, 0.6) is 0 Å². The molecule has 1 aromatic carbocycles. The number of carbonyl (C=O) groups is 1. The Hall–Kier alpha value is -2.19. The van der Waals surface area contributed by atoms with E-state index in [1.807, 2.05) is 40.7 Å². The molecule has 0 aliphatic carbocycles. The third-order valence-corrected chi connectivity index (χ3v) is 6.56. The lowest BCUT2D eigenvalue weighted by atomic mass is 9.98. The van der Waals surface area contributed by atoms with Gasteiger partial charge in [0.25, 0.3) is 5.91 Å². The summed E-state index contributed by atoms with van der Waals surface area (Å²) in [7, 11) is 0. The fraction of sp³-hybridized carbons (Fsp3) is 0.368. The van der Waals surface area contributed by atoms with Gasteiger partial charge in [0.2, 0.25) is 5.89 Å². The SMILES string of the molecule is Cc1nc(CSc2ccccc2C(=O)N2CCCC(c3nccs3)C2)no1. The van der Waals surface area contributed by atoms with Crippen LogP contribution < -0.4 is 0 Å². The Morgan fingerprint density at radius 3 is 3.07 bits per heavy atom. The first-order valence-corrected chi connectivity index (χ1v) is 10.8. The summed E-state index contributed by atoms with van der Waals surface area (Å²) in [5.41, 5.74) is 0.738. The normalized spacial score (nSPS) is 17.2. The zero-order valence-corrected chi connectivity index (χ0v) is 16.6. The molecule has 1 atom stereocenters. The Morgan fingerprint density at radius 1 is 1.41 bits per heavy atom. The van der Waals surface area contributed by atoms with Crippen LogP contribution in [0.4, 0.5) is 0 Å². The number of amides is 1. The lowest BCUT2D eigenvalue weighted by Crippen LogP contribution is -2.39. The molecular formula is C19H20N4O2S2. The molecule has 8 heteroatoms. The first-order valence-electron chi connectivity index (χ1n) is 8.90. The van der Waals surface area contributed by atoms with Gasteiger partial charge in [0, 0.05) is 42.4 Å². The highest BCUT2D eigenvalue weighted by Gasteiger charge is 2.28. The van der Waals surface area contributed by atoms with E-state index in [2.05, 4.69) is 15.1 Å². The standard InChI is InChI=1S/C19H20N4O2S2/c1-13-21-17(22-25-13)12-27-16-7-3-2-6-15(16)19(24)23-9-4-5-14(11-23)18-20-8-10-26-18/h2-3,6-8,10,14H,4-5,9,11-12H2,1H3. The number of piperidine rings is 1. The number of nitrogens with zero attached hydrogens (tertiary/aromatic N) is 4. The summed E-state index contributed by atoms with van der Waals surface area (Å²) in [5.74, 6) is 2.19. The molecule has 1 aliphatic heterocycles. The maximum atomic E-state index is 13.2. The van der Waals surface area contributed by atoms with E-state index in [4.69, 9.17) is 4.52 Å². The van der Waals surface area contributed by atoms with Gasteiger partial charge < -0.3 is 9.42 Å². The van der Waals surface area contributed by atoms with Crippen LogP contribution in [0.15, 0.2) is 45.3 Å². The first kappa shape index (κ1) is 18.2. The van der Waals surface area contributed by atoms with Crippen LogP contribution in [0, 0.1) is 6.92 Å². The Kier molecular flexibility index (Phi) is 5.54. The fourth-order valence-corrected chi connectivity index (χ4v) is 4.94. The van der Waals surface area contributed by atoms with E-state index in [1.165, 1.54) is 0 Å². The van der Waals surface area contributed by atoms with Gasteiger partial charge in [-0.15, -0.1) is 23.1 Å². The van der Waals surface area contributed by atoms with Crippen molar-refractivity contribution in [2.45, 2.75) is 36.3 Å². The molecule has 27 heavy (non-hydrogen) atoms. The third kappa shape index (κ3) is 4.22. The monoisotopic (exact) mass is 400 g/mol. The average molecular weight is 401 g/mol. The van der Waals surface area contributed by atoms with Gasteiger partial charge in [0.1, 0.15) is 0 Å². The summed E-state index contributed by atoms with van der Waals surface area (Å²) < 4.78 is 5.02. The zero-order chi connectivity index (χ0) is 18.6. The highest BCUT2D eigenvalue weighted by Crippen LogP contribution is 2.31. The second-order valence-electron chi connectivity index (χ2n) is 6.48. The van der Waals surface area contributed by atoms with Gasteiger partial charge in [0.05, 0.1) is 16.3 Å². The Labute approximate surface area is 166 Å². The van der Waals surface area contributed by atoms with Crippen molar-refractivity contribution in [3.63, 3.8) is 0 Å². The number of carbonyl (C=O) groups excluding carboxylic acids is 1. The molecule has 6 nitrogen and oxygen atoms in total. The van der Waals surface area contributed by atoms with Crippen molar-refractivity contribution in [3.8, 4) is 0 Å². The summed E-state index contributed by atoms with van der Waals surface area (Å²) in [6, 6.07) is 7.75. The number of rotatable bonds is 5. The minimum Gasteiger partial charge on any atom is -0.340 e. The van der Waals surface area contributed by atoms with Gasteiger partial charge in [-0.1, -0.05) is 17.3 Å². The number of likely N-dealkylation sites (tertiary alicyclic amines) is 1. The molecule has 4 rings (SSSR count). The van der Waals surface area contributed by atoms with E-state index >= 15 is 0 Å². The van der Waals surface area contributed by atoms with Crippen molar-refractivity contribution in [2.24, 2.45) is 0 Å². The number of hydrogen-bond donors (Lipinski definition) is 0. The van der Waals surface area contributed by atoms with E-state index in [0.29, 0.717) is 23.4 Å². The van der Waals surface area contributed by atoms with Crippen LogP contribution in [-0.2, 0) is 5.75 Å². The zero-order valence-electron chi connectivity index (χ0n) is 15.0. The summed E-state index contributed by atoms with van der Waals surface area (Å²) in [4.78, 5) is 24.8. The molecule has 3 heterocycles. The highest BCUT2D eigenvalue weighted by molar-refractivity contribution is 7.98. The van der Waals surface area contributed by atoms with E-state index in [9.17, 15) is 4.79 Å². The molecule has 140 valence electrons. The molecule has 1 amide bonds. The van der Waals surface area contributed by atoms with Crippen LogP contribution in [0.3, 0.4) is 0 Å². The quantitative estimate of drug-likeness (QED) is 0.599. The average Bonchev–Trinajstić information content (AvgIpc) is 3.38. The fourth-order valence-electron chi connectivity index (χ4n) is 3.28. The summed E-state index contributed by atoms with van der Waals surface area (Å²) in [6.07, 6.45) is 3.94. The summed E-state index contributed by atoms with van der Waals surface area (Å²) in [6.45, 7) is 3.30. The van der Waals surface area contributed by atoms with Crippen molar-refractivity contribution >= 4 is 29.0 Å². The maximum absolute atomic E-state index is 13.2. The van der Waals surface area contributed by atoms with Crippen LogP contribution in [0.2, 0.25) is 0 Å². The number of thioether (sulfide) groups is 1. The summed E-state index contributed by atoms with van der Waals surface area (Å²) in [5, 5.41) is 7.05. The van der Waals surface area contributed by atoms with E-state index in [0.717, 1.165) is 41.4 Å². The molecule has 0 bridgehead atoms. The van der Waals surface area contributed by atoms with Crippen molar-refractivity contribution in [2.75, 3.05) is 13.1 Å². The Bertz CT molecular complexity index is 910. The smallest absolute Gasteiger partial charge is 0.255 e. The van der Waals surface area contributed by atoms with E-state index in [1.54, 1.807) is 30.0 Å². The molecule has 1 aliphatic rings. The molecule has 0 saturated carbocycles. The Balaban J connectivity index is 1.48. The lowest BCUT2D eigenvalue weighted by molar-refractivity contribution is 0.0703. The number of aryl methyl sites for hydroxylation is 1. The number of benzene rings is 1.